The van der Waals surface area contributed by atoms with Crippen molar-refractivity contribution in [3.8, 4) is 22.9 Å². The van der Waals surface area contributed by atoms with Gasteiger partial charge in [-0.2, -0.15) is 0 Å². The number of hydrogen-bond donors (Lipinski definition) is 1. The number of imidazole rings is 2. The van der Waals surface area contributed by atoms with Crippen LogP contribution < -0.4 is 9.47 Å². The smallest absolute Gasteiger partial charge is 0.172 e. The molecule has 0 unspecified atom stereocenters. The summed E-state index contributed by atoms with van der Waals surface area (Å²) in [6.45, 7) is 5.43. The maximum absolute atomic E-state index is 10.0. The van der Waals surface area contributed by atoms with Crippen LogP contribution in [0.2, 0.25) is 0 Å². The van der Waals surface area contributed by atoms with Crippen molar-refractivity contribution in [1.82, 2.24) is 19.1 Å². The molecule has 27 heavy (non-hydrogen) atoms. The molecule has 0 aliphatic heterocycles. The third-order valence-corrected chi connectivity index (χ3v) is 4.27. The van der Waals surface area contributed by atoms with E-state index < -0.39 is 5.60 Å². The van der Waals surface area contributed by atoms with Gasteiger partial charge in [-0.15, -0.1) is 0 Å². The first-order valence-electron chi connectivity index (χ1n) is 8.97. The summed E-state index contributed by atoms with van der Waals surface area (Å²) in [5.74, 6) is 2.11. The number of nitrogens with zero attached hydrogens (tertiary/aromatic N) is 4. The van der Waals surface area contributed by atoms with Crippen LogP contribution in [0.5, 0.6) is 11.5 Å². The van der Waals surface area contributed by atoms with E-state index in [2.05, 4.69) is 9.97 Å². The first kappa shape index (κ1) is 19.0. The van der Waals surface area contributed by atoms with Crippen LogP contribution in [0.15, 0.2) is 49.3 Å². The zero-order valence-corrected chi connectivity index (χ0v) is 16.0. The minimum atomic E-state index is -0.736. The lowest BCUT2D eigenvalue weighted by atomic mass is 10.1. The fraction of sp³-hybridized carbons (Fsp3) is 0.400. The van der Waals surface area contributed by atoms with E-state index >= 15 is 0 Å². The third-order valence-electron chi connectivity index (χ3n) is 4.27. The highest BCUT2D eigenvalue weighted by molar-refractivity contribution is 5.69. The maximum Gasteiger partial charge on any atom is 0.172 e. The van der Waals surface area contributed by atoms with Gasteiger partial charge in [-0.05, 0) is 32.4 Å². The molecular formula is C20H26N4O3. The van der Waals surface area contributed by atoms with E-state index in [0.717, 1.165) is 11.4 Å². The predicted octanol–water partition coefficient (Wildman–Crippen LogP) is 3.00. The van der Waals surface area contributed by atoms with E-state index in [0.29, 0.717) is 37.6 Å². The molecule has 0 amide bonds. The van der Waals surface area contributed by atoms with E-state index in [-0.39, 0.29) is 0 Å². The lowest BCUT2D eigenvalue weighted by molar-refractivity contribution is 0.0663. The molecule has 3 rings (SSSR count). The molecule has 7 nitrogen and oxygen atoms in total. The van der Waals surface area contributed by atoms with E-state index in [1.807, 2.05) is 39.7 Å². The number of methoxy groups -OCH3 is 1. The van der Waals surface area contributed by atoms with Crippen molar-refractivity contribution in [2.75, 3.05) is 13.7 Å². The summed E-state index contributed by atoms with van der Waals surface area (Å²) in [6.07, 6.45) is 9.70. The minimum absolute atomic E-state index is 0.480. The van der Waals surface area contributed by atoms with E-state index in [9.17, 15) is 5.11 Å². The summed E-state index contributed by atoms with van der Waals surface area (Å²) in [4.78, 5) is 8.55. The number of aromatic nitrogens is 4. The number of benzene rings is 1. The van der Waals surface area contributed by atoms with Crippen LogP contribution in [0.1, 0.15) is 20.3 Å². The maximum atomic E-state index is 10.0. The largest absolute Gasteiger partial charge is 0.493 e. The summed E-state index contributed by atoms with van der Waals surface area (Å²) in [5.41, 5.74) is 0.126. The molecule has 0 fully saturated rings. The molecule has 0 bridgehead atoms. The van der Waals surface area contributed by atoms with Crippen molar-refractivity contribution < 1.29 is 14.6 Å². The average Bonchev–Trinajstić information content (AvgIpc) is 3.31. The van der Waals surface area contributed by atoms with Crippen LogP contribution in [0, 0.1) is 0 Å². The molecule has 0 saturated heterocycles. The average molecular weight is 370 g/mol. The fourth-order valence-corrected chi connectivity index (χ4v) is 2.80. The van der Waals surface area contributed by atoms with Gasteiger partial charge >= 0.3 is 0 Å². The monoisotopic (exact) mass is 370 g/mol. The van der Waals surface area contributed by atoms with Crippen molar-refractivity contribution >= 4 is 0 Å². The lowest BCUT2D eigenvalue weighted by Gasteiger charge is -2.19. The van der Waals surface area contributed by atoms with Gasteiger partial charge in [-0.1, -0.05) is 6.07 Å². The molecule has 0 saturated carbocycles. The Morgan fingerprint density at radius 3 is 2.70 bits per heavy atom. The number of para-hydroxylation sites is 1. The Hall–Kier alpha value is -2.80. The van der Waals surface area contributed by atoms with Gasteiger partial charge in [0, 0.05) is 31.3 Å². The van der Waals surface area contributed by atoms with Crippen LogP contribution in [0.3, 0.4) is 0 Å². The molecule has 2 heterocycles. The number of hydrogen-bond acceptors (Lipinski definition) is 5. The van der Waals surface area contributed by atoms with Gasteiger partial charge in [0.2, 0.25) is 0 Å². The predicted molar refractivity (Wildman–Crippen MR) is 103 cm³/mol. The molecule has 0 aliphatic carbocycles. The Morgan fingerprint density at radius 2 is 2.00 bits per heavy atom. The number of rotatable bonds is 9. The topological polar surface area (TPSA) is 74.3 Å². The summed E-state index contributed by atoms with van der Waals surface area (Å²) >= 11 is 0. The molecule has 3 aromatic rings. The van der Waals surface area contributed by atoms with Gasteiger partial charge in [-0.25, -0.2) is 9.97 Å². The van der Waals surface area contributed by atoms with Crippen LogP contribution in [0.4, 0.5) is 0 Å². The molecule has 7 heteroatoms. The first-order chi connectivity index (χ1) is 13.0. The Balaban J connectivity index is 1.84. The zero-order valence-electron chi connectivity index (χ0n) is 16.0. The van der Waals surface area contributed by atoms with Gasteiger partial charge in [-0.3, -0.25) is 0 Å². The van der Waals surface area contributed by atoms with Crippen LogP contribution in [-0.4, -0.2) is 43.5 Å². The number of aliphatic hydroxyl groups is 1. The Bertz CT molecular complexity index is 850. The van der Waals surface area contributed by atoms with Crippen LogP contribution in [0.25, 0.3) is 11.4 Å². The Kier molecular flexibility index (Phi) is 5.81. The fourth-order valence-electron chi connectivity index (χ4n) is 2.80. The van der Waals surface area contributed by atoms with Gasteiger partial charge in [0.05, 0.1) is 31.1 Å². The highest BCUT2D eigenvalue weighted by Gasteiger charge is 2.18. The van der Waals surface area contributed by atoms with E-state index in [1.54, 1.807) is 39.7 Å². The SMILES string of the molecule is COc1cccc(-c2nccn2CCC(C)(C)O)c1OCCn1ccnc1. The second-order valence-electron chi connectivity index (χ2n) is 6.99. The standard InChI is InChI=1S/C20H26N4O3/c1-20(2,25)7-10-24-12-9-22-19(24)16-5-4-6-17(26-3)18(16)27-14-13-23-11-8-21-15-23/h4-6,8-9,11-12,15,25H,7,10,13-14H2,1-3H3. The van der Waals surface area contributed by atoms with Crippen molar-refractivity contribution in [1.29, 1.82) is 0 Å². The van der Waals surface area contributed by atoms with Crippen LogP contribution in [-0.2, 0) is 13.1 Å². The van der Waals surface area contributed by atoms with Gasteiger partial charge in [0.25, 0.3) is 0 Å². The molecule has 1 N–H and O–H groups in total. The molecule has 0 atom stereocenters. The Labute approximate surface area is 159 Å². The second-order valence-corrected chi connectivity index (χ2v) is 6.99. The summed E-state index contributed by atoms with van der Waals surface area (Å²) in [7, 11) is 1.63. The van der Waals surface area contributed by atoms with Crippen molar-refractivity contribution in [2.24, 2.45) is 0 Å². The van der Waals surface area contributed by atoms with Gasteiger partial charge < -0.3 is 23.7 Å². The van der Waals surface area contributed by atoms with Gasteiger partial charge in [0.15, 0.2) is 11.5 Å². The molecule has 1 aromatic carbocycles. The third kappa shape index (κ3) is 4.89. The van der Waals surface area contributed by atoms with Crippen molar-refractivity contribution in [2.45, 2.75) is 39.0 Å². The first-order valence-corrected chi connectivity index (χ1v) is 8.97. The summed E-state index contributed by atoms with van der Waals surface area (Å²) in [5, 5.41) is 10.0. The van der Waals surface area contributed by atoms with Gasteiger partial charge in [0.1, 0.15) is 12.4 Å². The Morgan fingerprint density at radius 1 is 1.15 bits per heavy atom. The molecule has 2 aromatic heterocycles. The quantitative estimate of drug-likeness (QED) is 0.627. The minimum Gasteiger partial charge on any atom is -0.493 e. The number of ether oxygens (including phenoxy) is 2. The summed E-state index contributed by atoms with van der Waals surface area (Å²) in [6, 6.07) is 5.77. The number of aryl methyl sites for hydroxylation is 1. The molecule has 0 spiro atoms. The molecular weight excluding hydrogens is 344 g/mol. The van der Waals surface area contributed by atoms with Crippen molar-refractivity contribution in [3.05, 3.63) is 49.3 Å². The van der Waals surface area contributed by atoms with E-state index in [1.165, 1.54) is 0 Å². The summed E-state index contributed by atoms with van der Waals surface area (Å²) < 4.78 is 15.6. The van der Waals surface area contributed by atoms with E-state index in [4.69, 9.17) is 9.47 Å². The normalized spacial score (nSPS) is 11.6. The highest BCUT2D eigenvalue weighted by atomic mass is 16.5. The van der Waals surface area contributed by atoms with Crippen LogP contribution >= 0.6 is 0 Å². The lowest BCUT2D eigenvalue weighted by Crippen LogP contribution is -2.21. The highest BCUT2D eigenvalue weighted by Crippen LogP contribution is 2.37. The molecule has 144 valence electrons. The second kappa shape index (κ2) is 8.26. The molecule has 0 radical (unpaired) electrons. The zero-order chi connectivity index (χ0) is 19.3. The molecule has 0 aliphatic rings. The van der Waals surface area contributed by atoms with Crippen molar-refractivity contribution in [3.63, 3.8) is 0 Å².